The van der Waals surface area contributed by atoms with Gasteiger partial charge in [-0.2, -0.15) is 0 Å². The second-order valence-corrected chi connectivity index (χ2v) is 5.79. The average molecular weight is 310 g/mol. The summed E-state index contributed by atoms with van der Waals surface area (Å²) in [7, 11) is 0. The van der Waals surface area contributed by atoms with Crippen molar-refractivity contribution in [1.29, 1.82) is 0 Å². The Hall–Kier alpha value is -2.33. The largest absolute Gasteiger partial charge is 0.489 e. The highest BCUT2D eigenvalue weighted by atomic mass is 16.5. The lowest BCUT2D eigenvalue weighted by molar-refractivity contribution is -0.122. The molecule has 2 N–H and O–H groups in total. The van der Waals surface area contributed by atoms with Crippen LogP contribution in [0.1, 0.15) is 24.0 Å². The third-order valence-corrected chi connectivity index (χ3v) is 3.98. The van der Waals surface area contributed by atoms with E-state index in [9.17, 15) is 4.79 Å². The van der Waals surface area contributed by atoms with Gasteiger partial charge >= 0.3 is 0 Å². The molecule has 0 aliphatic carbocycles. The number of hydrogen-bond donors (Lipinski definition) is 2. The van der Waals surface area contributed by atoms with E-state index < -0.39 is 0 Å². The Morgan fingerprint density at radius 1 is 1.13 bits per heavy atom. The number of hydrogen-bond acceptors (Lipinski definition) is 3. The van der Waals surface area contributed by atoms with Gasteiger partial charge in [-0.1, -0.05) is 42.5 Å². The van der Waals surface area contributed by atoms with Crippen LogP contribution in [0.3, 0.4) is 0 Å². The van der Waals surface area contributed by atoms with Crippen LogP contribution in [0.2, 0.25) is 0 Å². The molecule has 1 fully saturated rings. The molecule has 1 heterocycles. The Balaban J connectivity index is 1.51. The molecule has 0 bridgehead atoms. The number of nitrogens with one attached hydrogen (secondary N) is 2. The predicted molar refractivity (Wildman–Crippen MR) is 90.1 cm³/mol. The highest BCUT2D eigenvalue weighted by molar-refractivity contribution is 5.81. The van der Waals surface area contributed by atoms with E-state index in [1.54, 1.807) is 0 Å². The summed E-state index contributed by atoms with van der Waals surface area (Å²) < 4.78 is 5.76. The third kappa shape index (κ3) is 4.57. The van der Waals surface area contributed by atoms with Crippen LogP contribution in [0.4, 0.5) is 0 Å². The molecule has 120 valence electrons. The molecule has 2 aromatic carbocycles. The van der Waals surface area contributed by atoms with Gasteiger partial charge < -0.3 is 15.4 Å². The molecular formula is C19H22N2O2. The lowest BCUT2D eigenvalue weighted by Crippen LogP contribution is -2.40. The highest BCUT2D eigenvalue weighted by Crippen LogP contribution is 2.13. The van der Waals surface area contributed by atoms with Crippen molar-refractivity contribution in [1.82, 2.24) is 10.6 Å². The van der Waals surface area contributed by atoms with E-state index in [0.717, 1.165) is 36.3 Å². The minimum Gasteiger partial charge on any atom is -0.489 e. The number of carbonyl (C=O) groups is 1. The fourth-order valence-electron chi connectivity index (χ4n) is 2.73. The molecule has 1 unspecified atom stereocenters. The van der Waals surface area contributed by atoms with E-state index in [1.165, 1.54) is 0 Å². The molecule has 4 heteroatoms. The normalized spacial score (nSPS) is 17.0. The molecule has 2 aromatic rings. The van der Waals surface area contributed by atoms with Gasteiger partial charge in [0.05, 0.1) is 6.04 Å². The molecular weight excluding hydrogens is 288 g/mol. The summed E-state index contributed by atoms with van der Waals surface area (Å²) in [5, 5.41) is 6.21. The van der Waals surface area contributed by atoms with Gasteiger partial charge in [0.25, 0.3) is 0 Å². The Kier molecular flexibility index (Phi) is 5.27. The third-order valence-electron chi connectivity index (χ3n) is 3.98. The maximum atomic E-state index is 12.0. The fraction of sp³-hybridized carbons (Fsp3) is 0.316. The molecule has 1 amide bonds. The summed E-state index contributed by atoms with van der Waals surface area (Å²) in [6.07, 6.45) is 2.00. The smallest absolute Gasteiger partial charge is 0.237 e. The average Bonchev–Trinajstić information content (AvgIpc) is 3.14. The van der Waals surface area contributed by atoms with E-state index in [2.05, 4.69) is 16.7 Å². The van der Waals surface area contributed by atoms with Crippen molar-refractivity contribution >= 4 is 5.91 Å². The van der Waals surface area contributed by atoms with Crippen molar-refractivity contribution < 1.29 is 9.53 Å². The zero-order valence-electron chi connectivity index (χ0n) is 13.1. The number of benzene rings is 2. The zero-order chi connectivity index (χ0) is 15.9. The molecule has 1 saturated heterocycles. The van der Waals surface area contributed by atoms with Crippen LogP contribution >= 0.6 is 0 Å². The lowest BCUT2D eigenvalue weighted by atomic mass is 10.1. The molecule has 3 rings (SSSR count). The topological polar surface area (TPSA) is 50.4 Å². The molecule has 0 radical (unpaired) electrons. The van der Waals surface area contributed by atoms with Crippen LogP contribution in [0, 0.1) is 0 Å². The number of carbonyl (C=O) groups excluding carboxylic acids is 1. The predicted octanol–water partition coefficient (Wildman–Crippen LogP) is 2.63. The van der Waals surface area contributed by atoms with Gasteiger partial charge in [0.15, 0.2) is 0 Å². The first-order valence-electron chi connectivity index (χ1n) is 8.08. The summed E-state index contributed by atoms with van der Waals surface area (Å²) in [6.45, 7) is 2.01. The zero-order valence-corrected chi connectivity index (χ0v) is 13.1. The quantitative estimate of drug-likeness (QED) is 0.862. The van der Waals surface area contributed by atoms with Gasteiger partial charge in [-0.05, 0) is 42.6 Å². The summed E-state index contributed by atoms with van der Waals surface area (Å²) in [6, 6.07) is 17.9. The molecule has 23 heavy (non-hydrogen) atoms. The minimum atomic E-state index is -0.0282. The van der Waals surface area contributed by atoms with E-state index in [4.69, 9.17) is 4.74 Å². The monoisotopic (exact) mass is 310 g/mol. The number of amides is 1. The van der Waals surface area contributed by atoms with Crippen LogP contribution in [0.15, 0.2) is 54.6 Å². The molecule has 1 atom stereocenters. The summed E-state index contributed by atoms with van der Waals surface area (Å²) in [5.41, 5.74) is 2.19. The van der Waals surface area contributed by atoms with Gasteiger partial charge in [0, 0.05) is 6.54 Å². The second-order valence-electron chi connectivity index (χ2n) is 5.79. The van der Waals surface area contributed by atoms with Crippen LogP contribution < -0.4 is 15.4 Å². The van der Waals surface area contributed by atoms with Crippen molar-refractivity contribution in [2.45, 2.75) is 32.0 Å². The molecule has 0 spiro atoms. The molecule has 4 nitrogen and oxygen atoms in total. The first kappa shape index (κ1) is 15.6. The van der Waals surface area contributed by atoms with Crippen LogP contribution in [-0.2, 0) is 17.9 Å². The summed E-state index contributed by atoms with van der Waals surface area (Å²) in [4.78, 5) is 12.0. The summed E-state index contributed by atoms with van der Waals surface area (Å²) >= 11 is 0. The Morgan fingerprint density at radius 2 is 1.96 bits per heavy atom. The molecule has 1 aliphatic rings. The minimum absolute atomic E-state index is 0.0282. The molecule has 0 aromatic heterocycles. The van der Waals surface area contributed by atoms with Gasteiger partial charge in [-0.15, -0.1) is 0 Å². The Bertz CT molecular complexity index is 637. The fourth-order valence-corrected chi connectivity index (χ4v) is 2.73. The maximum absolute atomic E-state index is 12.0. The van der Waals surface area contributed by atoms with E-state index in [1.807, 2.05) is 48.5 Å². The second kappa shape index (κ2) is 7.79. The standard InChI is InChI=1S/C19H22N2O2/c22-19(18-10-5-11-20-18)21-13-15-6-4-7-16(12-15)14-23-17-8-2-1-3-9-17/h1-4,6-9,12,18,20H,5,10-11,13-14H2,(H,21,22). The van der Waals surface area contributed by atoms with E-state index in [-0.39, 0.29) is 11.9 Å². The van der Waals surface area contributed by atoms with Crippen LogP contribution in [0.25, 0.3) is 0 Å². The van der Waals surface area contributed by atoms with Gasteiger partial charge in [-0.25, -0.2) is 0 Å². The molecule has 1 aliphatic heterocycles. The number of para-hydroxylation sites is 1. The number of rotatable bonds is 6. The Labute approximate surface area is 136 Å². The van der Waals surface area contributed by atoms with Gasteiger partial charge in [0.2, 0.25) is 5.91 Å². The SMILES string of the molecule is O=C(NCc1cccc(COc2ccccc2)c1)C1CCCN1. The highest BCUT2D eigenvalue weighted by Gasteiger charge is 2.21. The van der Waals surface area contributed by atoms with Crippen LogP contribution in [-0.4, -0.2) is 18.5 Å². The van der Waals surface area contributed by atoms with Gasteiger partial charge in [-0.3, -0.25) is 4.79 Å². The maximum Gasteiger partial charge on any atom is 0.237 e. The first-order valence-corrected chi connectivity index (χ1v) is 8.08. The van der Waals surface area contributed by atoms with E-state index in [0.29, 0.717) is 13.2 Å². The van der Waals surface area contributed by atoms with Crippen LogP contribution in [0.5, 0.6) is 5.75 Å². The van der Waals surface area contributed by atoms with Crippen molar-refractivity contribution in [3.63, 3.8) is 0 Å². The molecule has 0 saturated carbocycles. The summed E-state index contributed by atoms with van der Waals surface area (Å²) in [5.74, 6) is 0.951. The van der Waals surface area contributed by atoms with Gasteiger partial charge in [0.1, 0.15) is 12.4 Å². The van der Waals surface area contributed by atoms with Crippen molar-refractivity contribution in [2.24, 2.45) is 0 Å². The Morgan fingerprint density at radius 3 is 2.74 bits per heavy atom. The van der Waals surface area contributed by atoms with E-state index >= 15 is 0 Å². The lowest BCUT2D eigenvalue weighted by Gasteiger charge is -2.12. The van der Waals surface area contributed by atoms with Crippen molar-refractivity contribution in [3.8, 4) is 5.75 Å². The number of ether oxygens (including phenoxy) is 1. The van der Waals surface area contributed by atoms with Crippen molar-refractivity contribution in [3.05, 3.63) is 65.7 Å². The van der Waals surface area contributed by atoms with Crippen molar-refractivity contribution in [2.75, 3.05) is 6.54 Å². The first-order chi connectivity index (χ1) is 11.3.